The van der Waals surface area contributed by atoms with Gasteiger partial charge in [0, 0.05) is 31.0 Å². The van der Waals surface area contributed by atoms with E-state index in [4.69, 9.17) is 20.1 Å². The van der Waals surface area contributed by atoms with E-state index >= 15 is 0 Å². The van der Waals surface area contributed by atoms with Crippen molar-refractivity contribution in [3.63, 3.8) is 0 Å². The van der Waals surface area contributed by atoms with Crippen molar-refractivity contribution in [1.29, 1.82) is 0 Å². The van der Waals surface area contributed by atoms with Crippen LogP contribution in [0.4, 0.5) is 17.2 Å². The lowest BCUT2D eigenvalue weighted by Gasteiger charge is -2.18. The molecule has 23 nitrogen and oxygen atoms in total. The zero-order chi connectivity index (χ0) is 35.6. The Morgan fingerprint density at radius 2 is 1.71 bits per heavy atom. The van der Waals surface area contributed by atoms with Crippen LogP contribution in [0.3, 0.4) is 0 Å². The molecular formula is C22H25N6O17P3. The first kappa shape index (κ1) is 36.7. The van der Waals surface area contributed by atoms with Crippen molar-refractivity contribution in [3.8, 4) is 0 Å². The van der Waals surface area contributed by atoms with Crippen LogP contribution in [0.5, 0.6) is 0 Å². The van der Waals surface area contributed by atoms with Crippen molar-refractivity contribution in [2.45, 2.75) is 19.3 Å². The summed E-state index contributed by atoms with van der Waals surface area (Å²) in [5.41, 5.74) is 5.15. The fraction of sp³-hybridized carbons (Fsp3) is 0.273. The SMILES string of the molecule is C=C(COCc1cn([C@H]2CC(O)=C(COP(=O)(O)OP(=O)(O)OP(=O)(O)OC)O2)c2ncnc(N)c12)c1c([N+](=O)[O-])cccc1[N+](=O)[O-]. The lowest BCUT2D eigenvalue weighted by molar-refractivity contribution is -0.394. The first-order chi connectivity index (χ1) is 22.3. The summed E-state index contributed by atoms with van der Waals surface area (Å²) < 4.78 is 64.3. The number of phosphoric ester groups is 2. The van der Waals surface area contributed by atoms with Crippen LogP contribution in [0.1, 0.15) is 23.8 Å². The molecule has 1 aromatic carbocycles. The minimum Gasteiger partial charge on any atom is -0.508 e. The fourth-order valence-corrected chi connectivity index (χ4v) is 7.57. The number of anilines is 1. The van der Waals surface area contributed by atoms with E-state index in [1.165, 1.54) is 16.8 Å². The second-order valence-corrected chi connectivity index (χ2v) is 14.2. The average molecular weight is 738 g/mol. The van der Waals surface area contributed by atoms with E-state index < -0.39 is 69.0 Å². The number of nitrogens with two attached hydrogens (primary N) is 1. The zero-order valence-electron chi connectivity index (χ0n) is 24.3. The maximum absolute atomic E-state index is 12.2. The summed E-state index contributed by atoms with van der Waals surface area (Å²) in [4.78, 5) is 58.0. The van der Waals surface area contributed by atoms with Gasteiger partial charge in [-0.15, -0.1) is 0 Å². The van der Waals surface area contributed by atoms with Gasteiger partial charge >= 0.3 is 23.5 Å². The minimum absolute atomic E-state index is 0.000772. The molecule has 0 amide bonds. The normalized spacial score (nSPS) is 18.5. The Hall–Kier alpha value is -4.11. The molecule has 0 saturated heterocycles. The molecule has 0 bridgehead atoms. The van der Waals surface area contributed by atoms with Crippen LogP contribution in [0.15, 0.2) is 48.8 Å². The Kier molecular flexibility index (Phi) is 10.8. The van der Waals surface area contributed by atoms with Gasteiger partial charge < -0.3 is 35.0 Å². The maximum atomic E-state index is 12.2. The molecule has 260 valence electrons. The Morgan fingerprint density at radius 3 is 2.31 bits per heavy atom. The molecule has 6 N–H and O–H groups in total. The number of nitrogens with zero attached hydrogens (tertiary/aromatic N) is 5. The summed E-state index contributed by atoms with van der Waals surface area (Å²) in [5, 5.41) is 33.7. The molecular weight excluding hydrogens is 713 g/mol. The number of benzene rings is 1. The number of aromatic nitrogens is 3. The van der Waals surface area contributed by atoms with Crippen molar-refractivity contribution in [2.24, 2.45) is 0 Å². The Balaban J connectivity index is 1.47. The summed E-state index contributed by atoms with van der Waals surface area (Å²) in [6, 6.07) is 3.35. The Morgan fingerprint density at radius 1 is 1.08 bits per heavy atom. The molecule has 0 fully saturated rings. The molecule has 0 aliphatic carbocycles. The van der Waals surface area contributed by atoms with Gasteiger partial charge in [-0.05, 0) is 11.6 Å². The van der Waals surface area contributed by atoms with Gasteiger partial charge in [-0.2, -0.15) is 8.62 Å². The number of nitro benzene ring substituents is 2. The van der Waals surface area contributed by atoms with Crippen LogP contribution in [0.2, 0.25) is 0 Å². The number of aliphatic hydroxyl groups excluding tert-OH is 1. The second kappa shape index (κ2) is 14.2. The highest BCUT2D eigenvalue weighted by Crippen LogP contribution is 2.67. The number of hydrogen-bond donors (Lipinski definition) is 5. The number of aliphatic hydroxyl groups is 1. The molecule has 48 heavy (non-hydrogen) atoms. The van der Waals surface area contributed by atoms with Crippen molar-refractivity contribution in [2.75, 3.05) is 26.1 Å². The van der Waals surface area contributed by atoms with E-state index in [1.807, 2.05) is 0 Å². The summed E-state index contributed by atoms with van der Waals surface area (Å²) in [6.45, 7) is 2.09. The third kappa shape index (κ3) is 8.48. The Labute approximate surface area is 267 Å². The predicted molar refractivity (Wildman–Crippen MR) is 159 cm³/mol. The van der Waals surface area contributed by atoms with Gasteiger partial charge in [0.1, 0.15) is 35.7 Å². The van der Waals surface area contributed by atoms with E-state index in [0.717, 1.165) is 18.5 Å². The van der Waals surface area contributed by atoms with Crippen LogP contribution >= 0.6 is 23.5 Å². The number of fused-ring (bicyclic) bond motifs is 1. The number of phosphoric acid groups is 3. The molecule has 4 atom stereocenters. The summed E-state index contributed by atoms with van der Waals surface area (Å²) >= 11 is 0. The fourth-order valence-electron chi connectivity index (χ4n) is 4.37. The third-order valence-electron chi connectivity index (χ3n) is 6.30. The van der Waals surface area contributed by atoms with Crippen molar-refractivity contribution < 1.29 is 70.5 Å². The summed E-state index contributed by atoms with van der Waals surface area (Å²) in [6.07, 6.45) is 1.25. The van der Waals surface area contributed by atoms with Gasteiger partial charge in [0.2, 0.25) is 0 Å². The van der Waals surface area contributed by atoms with Crippen LogP contribution in [-0.4, -0.2) is 64.5 Å². The highest BCUT2D eigenvalue weighted by atomic mass is 31.3. The molecule has 0 spiro atoms. The molecule has 3 heterocycles. The topological polar surface area (TPSA) is 331 Å². The van der Waals surface area contributed by atoms with E-state index in [2.05, 4.69) is 34.2 Å². The van der Waals surface area contributed by atoms with Crippen LogP contribution in [-0.2, 0) is 47.4 Å². The third-order valence-corrected chi connectivity index (χ3v) is 10.5. The number of nitro groups is 2. The molecule has 3 aromatic rings. The van der Waals surface area contributed by atoms with Crippen molar-refractivity contribution >= 4 is 57.3 Å². The maximum Gasteiger partial charge on any atom is 0.490 e. The molecule has 0 radical (unpaired) electrons. The lowest BCUT2D eigenvalue weighted by atomic mass is 10.0. The number of ether oxygens (including phenoxy) is 2. The van der Waals surface area contributed by atoms with E-state index in [9.17, 15) is 48.8 Å². The van der Waals surface area contributed by atoms with Gasteiger partial charge in [-0.1, -0.05) is 6.58 Å². The number of nitrogen functional groups attached to an aromatic ring is 1. The van der Waals surface area contributed by atoms with Crippen LogP contribution < -0.4 is 5.73 Å². The summed E-state index contributed by atoms with van der Waals surface area (Å²) in [7, 11) is -15.6. The smallest absolute Gasteiger partial charge is 0.490 e. The molecule has 2 aromatic heterocycles. The standard InChI is InChI=1S/C22H25N6O17P3/c1-12(19-14(27(30)31)4-3-5-15(19)28(32)33)8-41-9-13-7-26(22-20(13)21(23)24-11-25-22)18-6-16(29)17(43-18)10-42-47(36,37)45-48(38,39)44-46(34,35)40-2/h3-5,7,11,18,29H,1,6,8-10H2,2H3,(H,34,35)(H,36,37)(H,38,39)(H2,23,24,25)/t18-/m1/s1. The second-order valence-electron chi connectivity index (χ2n) is 9.47. The molecule has 1 aliphatic rings. The lowest BCUT2D eigenvalue weighted by Crippen LogP contribution is -2.09. The molecule has 3 unspecified atom stereocenters. The number of rotatable bonds is 16. The summed E-state index contributed by atoms with van der Waals surface area (Å²) in [5.74, 6) is -0.897. The Bertz CT molecular complexity index is 1930. The van der Waals surface area contributed by atoms with Crippen LogP contribution in [0.25, 0.3) is 16.6 Å². The van der Waals surface area contributed by atoms with Gasteiger partial charge in [0.15, 0.2) is 12.0 Å². The van der Waals surface area contributed by atoms with Gasteiger partial charge in [-0.25, -0.2) is 23.7 Å². The van der Waals surface area contributed by atoms with E-state index in [0.29, 0.717) is 12.7 Å². The van der Waals surface area contributed by atoms with Gasteiger partial charge in [0.05, 0.1) is 34.9 Å². The first-order valence-electron chi connectivity index (χ1n) is 12.8. The number of hydrogen-bond acceptors (Lipinski definition) is 17. The predicted octanol–water partition coefficient (Wildman–Crippen LogP) is 3.75. The minimum atomic E-state index is -5.67. The monoisotopic (exact) mass is 738 g/mol. The van der Waals surface area contributed by atoms with E-state index in [-0.39, 0.29) is 47.6 Å². The van der Waals surface area contributed by atoms with Crippen LogP contribution in [0, 0.1) is 20.2 Å². The zero-order valence-corrected chi connectivity index (χ0v) is 26.9. The molecule has 4 rings (SSSR count). The van der Waals surface area contributed by atoms with E-state index in [1.54, 1.807) is 0 Å². The largest absolute Gasteiger partial charge is 0.508 e. The molecule has 0 saturated carbocycles. The van der Waals surface area contributed by atoms with Crippen molar-refractivity contribution in [3.05, 3.63) is 80.2 Å². The van der Waals surface area contributed by atoms with Crippen molar-refractivity contribution in [1.82, 2.24) is 14.5 Å². The first-order valence-corrected chi connectivity index (χ1v) is 17.3. The molecule has 26 heteroatoms. The van der Waals surface area contributed by atoms with Gasteiger partial charge in [0.25, 0.3) is 11.4 Å². The quantitative estimate of drug-likeness (QED) is 0.0793. The van der Waals surface area contributed by atoms with Gasteiger partial charge in [-0.3, -0.25) is 33.8 Å². The highest BCUT2D eigenvalue weighted by Gasteiger charge is 2.42. The molecule has 1 aliphatic heterocycles. The highest BCUT2D eigenvalue weighted by molar-refractivity contribution is 7.66. The average Bonchev–Trinajstić information content (AvgIpc) is 3.55.